The van der Waals surface area contributed by atoms with Crippen molar-refractivity contribution in [2.45, 2.75) is 6.92 Å². The Kier molecular flexibility index (Phi) is 4.21. The van der Waals surface area contributed by atoms with E-state index in [0.29, 0.717) is 6.54 Å². The van der Waals surface area contributed by atoms with E-state index in [1.165, 1.54) is 6.07 Å². The number of anilines is 3. The van der Waals surface area contributed by atoms with Crippen LogP contribution in [0.15, 0.2) is 24.5 Å². The molecule has 1 aromatic carbocycles. The SMILES string of the molecule is CCNc1ncnc(Nc2ccc(F)c(F)c2)c1[N+](=O)[O-]. The fourth-order valence-corrected chi connectivity index (χ4v) is 1.65. The molecule has 1 aromatic heterocycles. The zero-order valence-corrected chi connectivity index (χ0v) is 10.9. The van der Waals surface area contributed by atoms with Crippen LogP contribution in [0.1, 0.15) is 6.92 Å². The van der Waals surface area contributed by atoms with Gasteiger partial charge < -0.3 is 10.6 Å². The quantitative estimate of drug-likeness (QED) is 0.651. The molecule has 0 saturated carbocycles. The highest BCUT2D eigenvalue weighted by molar-refractivity contribution is 5.73. The molecule has 0 amide bonds. The number of hydrogen-bond donors (Lipinski definition) is 2. The molecule has 1 heterocycles. The lowest BCUT2D eigenvalue weighted by Gasteiger charge is -2.09. The molecule has 0 unspecified atom stereocenters. The third kappa shape index (κ3) is 3.19. The van der Waals surface area contributed by atoms with Gasteiger partial charge in [-0.2, -0.15) is 0 Å². The Hall–Kier alpha value is -2.84. The van der Waals surface area contributed by atoms with Crippen molar-refractivity contribution in [2.75, 3.05) is 17.2 Å². The third-order valence-electron chi connectivity index (χ3n) is 2.53. The van der Waals surface area contributed by atoms with Crippen molar-refractivity contribution in [2.24, 2.45) is 0 Å². The van der Waals surface area contributed by atoms with Crippen molar-refractivity contribution < 1.29 is 13.7 Å². The first-order valence-electron chi connectivity index (χ1n) is 5.98. The lowest BCUT2D eigenvalue weighted by molar-refractivity contribution is -0.383. The minimum absolute atomic E-state index is 0.0441. The molecule has 0 saturated heterocycles. The van der Waals surface area contributed by atoms with Gasteiger partial charge in [0, 0.05) is 18.3 Å². The van der Waals surface area contributed by atoms with Gasteiger partial charge in [0.2, 0.25) is 11.6 Å². The van der Waals surface area contributed by atoms with Gasteiger partial charge in [0.05, 0.1) is 4.92 Å². The van der Waals surface area contributed by atoms with E-state index in [0.717, 1.165) is 18.5 Å². The largest absolute Gasteiger partial charge is 0.364 e. The van der Waals surface area contributed by atoms with Crippen LogP contribution in [0.5, 0.6) is 0 Å². The molecule has 0 atom stereocenters. The van der Waals surface area contributed by atoms with Crippen LogP contribution in [-0.2, 0) is 0 Å². The van der Waals surface area contributed by atoms with Gasteiger partial charge in [-0.3, -0.25) is 10.1 Å². The minimum Gasteiger partial charge on any atom is -0.364 e. The van der Waals surface area contributed by atoms with Gasteiger partial charge >= 0.3 is 5.69 Å². The van der Waals surface area contributed by atoms with E-state index in [-0.39, 0.29) is 23.0 Å². The maximum atomic E-state index is 13.1. The van der Waals surface area contributed by atoms with Crippen LogP contribution in [0.4, 0.5) is 31.8 Å². The van der Waals surface area contributed by atoms with E-state index in [1.54, 1.807) is 6.92 Å². The first-order chi connectivity index (χ1) is 10.0. The predicted molar refractivity (Wildman–Crippen MR) is 72.5 cm³/mol. The van der Waals surface area contributed by atoms with Crippen molar-refractivity contribution >= 4 is 23.0 Å². The molecule has 7 nitrogen and oxygen atoms in total. The fourth-order valence-electron chi connectivity index (χ4n) is 1.65. The van der Waals surface area contributed by atoms with E-state index in [1.807, 2.05) is 0 Å². The van der Waals surface area contributed by atoms with Crippen LogP contribution in [-0.4, -0.2) is 21.4 Å². The molecular weight excluding hydrogens is 284 g/mol. The summed E-state index contributed by atoms with van der Waals surface area (Å²) < 4.78 is 26.0. The molecule has 2 rings (SSSR count). The van der Waals surface area contributed by atoms with Gasteiger partial charge in [-0.1, -0.05) is 0 Å². The molecule has 110 valence electrons. The summed E-state index contributed by atoms with van der Waals surface area (Å²) in [6, 6.07) is 3.04. The number of nitro groups is 1. The van der Waals surface area contributed by atoms with E-state index < -0.39 is 16.6 Å². The second-order valence-corrected chi connectivity index (χ2v) is 3.96. The van der Waals surface area contributed by atoms with Crippen LogP contribution in [0.3, 0.4) is 0 Å². The lowest BCUT2D eigenvalue weighted by Crippen LogP contribution is -2.07. The molecule has 0 fully saturated rings. The summed E-state index contributed by atoms with van der Waals surface area (Å²) in [5.74, 6) is -2.14. The van der Waals surface area contributed by atoms with Gasteiger partial charge in [-0.25, -0.2) is 18.7 Å². The van der Waals surface area contributed by atoms with Gasteiger partial charge in [-0.05, 0) is 19.1 Å². The Labute approximate surface area is 118 Å². The average Bonchev–Trinajstić information content (AvgIpc) is 2.43. The fraction of sp³-hybridized carbons (Fsp3) is 0.167. The number of aromatic nitrogens is 2. The highest BCUT2D eigenvalue weighted by atomic mass is 19.2. The van der Waals surface area contributed by atoms with Gasteiger partial charge in [0.25, 0.3) is 0 Å². The highest BCUT2D eigenvalue weighted by Gasteiger charge is 2.22. The maximum absolute atomic E-state index is 13.1. The summed E-state index contributed by atoms with van der Waals surface area (Å²) in [6.45, 7) is 2.19. The van der Waals surface area contributed by atoms with Crippen molar-refractivity contribution in [1.82, 2.24) is 9.97 Å². The first kappa shape index (κ1) is 14.6. The van der Waals surface area contributed by atoms with E-state index in [9.17, 15) is 18.9 Å². The highest BCUT2D eigenvalue weighted by Crippen LogP contribution is 2.31. The van der Waals surface area contributed by atoms with Crippen LogP contribution >= 0.6 is 0 Å². The summed E-state index contributed by atoms with van der Waals surface area (Å²) in [7, 11) is 0. The molecule has 2 aromatic rings. The first-order valence-corrected chi connectivity index (χ1v) is 5.98. The number of rotatable bonds is 5. The molecule has 9 heteroatoms. The van der Waals surface area contributed by atoms with Crippen LogP contribution in [0, 0.1) is 21.7 Å². The Balaban J connectivity index is 2.41. The molecule has 0 spiro atoms. The molecule has 2 N–H and O–H groups in total. The van der Waals surface area contributed by atoms with Crippen molar-refractivity contribution in [3.63, 3.8) is 0 Å². The van der Waals surface area contributed by atoms with Crippen molar-refractivity contribution in [3.05, 3.63) is 46.3 Å². The van der Waals surface area contributed by atoms with Crippen LogP contribution < -0.4 is 10.6 Å². The van der Waals surface area contributed by atoms with E-state index >= 15 is 0 Å². The van der Waals surface area contributed by atoms with Crippen molar-refractivity contribution in [1.29, 1.82) is 0 Å². The predicted octanol–water partition coefficient (Wildman–Crippen LogP) is 2.84. The zero-order valence-electron chi connectivity index (χ0n) is 10.9. The average molecular weight is 295 g/mol. The maximum Gasteiger partial charge on any atom is 0.353 e. The third-order valence-corrected chi connectivity index (χ3v) is 2.53. The summed E-state index contributed by atoms with van der Waals surface area (Å²) in [5, 5.41) is 16.5. The summed E-state index contributed by atoms with van der Waals surface area (Å²) in [6.07, 6.45) is 1.13. The number of hydrogen-bond acceptors (Lipinski definition) is 6. The smallest absolute Gasteiger partial charge is 0.353 e. The molecule has 21 heavy (non-hydrogen) atoms. The second kappa shape index (κ2) is 6.07. The van der Waals surface area contributed by atoms with Crippen molar-refractivity contribution in [3.8, 4) is 0 Å². The lowest BCUT2D eigenvalue weighted by atomic mass is 10.3. The Morgan fingerprint density at radius 3 is 2.57 bits per heavy atom. The normalized spacial score (nSPS) is 10.2. The van der Waals surface area contributed by atoms with E-state index in [4.69, 9.17) is 0 Å². The number of benzene rings is 1. The topological polar surface area (TPSA) is 93.0 Å². The zero-order chi connectivity index (χ0) is 15.4. The number of nitrogens with one attached hydrogen (secondary N) is 2. The standard InChI is InChI=1S/C12H11F2N5O2/c1-2-15-11-10(19(20)21)12(17-6-16-11)18-7-3-4-8(13)9(14)5-7/h3-6H,2H2,1H3,(H2,15,16,17,18). The molecule has 0 aliphatic heterocycles. The Morgan fingerprint density at radius 1 is 1.24 bits per heavy atom. The Bertz CT molecular complexity index is 681. The molecule has 0 radical (unpaired) electrons. The monoisotopic (exact) mass is 295 g/mol. The molecule has 0 aliphatic rings. The molecule has 0 aliphatic carbocycles. The summed E-state index contributed by atoms with van der Waals surface area (Å²) in [5.41, 5.74) is -0.234. The summed E-state index contributed by atoms with van der Waals surface area (Å²) >= 11 is 0. The second-order valence-electron chi connectivity index (χ2n) is 3.96. The van der Waals surface area contributed by atoms with Crippen LogP contribution in [0.2, 0.25) is 0 Å². The minimum atomic E-state index is -1.07. The van der Waals surface area contributed by atoms with E-state index in [2.05, 4.69) is 20.6 Å². The molecular formula is C12H11F2N5O2. The molecule has 0 bridgehead atoms. The van der Waals surface area contributed by atoms with Crippen LogP contribution in [0.25, 0.3) is 0 Å². The number of nitrogens with zero attached hydrogens (tertiary/aromatic N) is 3. The summed E-state index contributed by atoms with van der Waals surface area (Å²) in [4.78, 5) is 18.0. The van der Waals surface area contributed by atoms with Gasteiger partial charge in [-0.15, -0.1) is 0 Å². The number of halogens is 2. The van der Waals surface area contributed by atoms with Gasteiger partial charge in [0.15, 0.2) is 11.6 Å². The van der Waals surface area contributed by atoms with Gasteiger partial charge in [0.1, 0.15) is 6.33 Å². The Morgan fingerprint density at radius 2 is 1.95 bits per heavy atom.